The lowest BCUT2D eigenvalue weighted by Gasteiger charge is -2.26. The summed E-state index contributed by atoms with van der Waals surface area (Å²) in [6.07, 6.45) is 0.928. The zero-order valence-electron chi connectivity index (χ0n) is 14.2. The summed E-state index contributed by atoms with van der Waals surface area (Å²) in [5, 5.41) is 2.98. The molecule has 6 heteroatoms. The minimum absolute atomic E-state index is 0.392. The number of aromatic nitrogens is 3. The van der Waals surface area contributed by atoms with E-state index in [4.69, 9.17) is 4.74 Å². The van der Waals surface area contributed by atoms with Gasteiger partial charge in [0.25, 0.3) is 0 Å². The SMILES string of the molecule is CCCOc1nc(NC)nc(N(CC(C)C)CC(C)C)n1. The molecular formula is C15H29N5O. The molecule has 1 heterocycles. The molecule has 21 heavy (non-hydrogen) atoms. The molecule has 0 fully saturated rings. The van der Waals surface area contributed by atoms with Gasteiger partial charge < -0.3 is 15.0 Å². The quantitative estimate of drug-likeness (QED) is 0.756. The van der Waals surface area contributed by atoms with Crippen molar-refractivity contribution in [3.8, 4) is 6.01 Å². The Bertz CT molecular complexity index is 413. The Morgan fingerprint density at radius 1 is 1.05 bits per heavy atom. The number of nitrogens with zero attached hydrogens (tertiary/aromatic N) is 4. The first-order chi connectivity index (χ1) is 9.96. The summed E-state index contributed by atoms with van der Waals surface area (Å²) >= 11 is 0. The lowest BCUT2D eigenvalue weighted by Crippen LogP contribution is -2.33. The molecule has 0 bridgehead atoms. The molecule has 0 radical (unpaired) electrons. The highest BCUT2D eigenvalue weighted by Crippen LogP contribution is 2.17. The van der Waals surface area contributed by atoms with E-state index in [1.165, 1.54) is 0 Å². The second kappa shape index (κ2) is 8.64. The minimum Gasteiger partial charge on any atom is -0.463 e. The Hall–Kier alpha value is -1.59. The normalized spacial score (nSPS) is 11.0. The van der Waals surface area contributed by atoms with Crippen LogP contribution >= 0.6 is 0 Å². The van der Waals surface area contributed by atoms with Crippen molar-refractivity contribution in [1.29, 1.82) is 0 Å². The van der Waals surface area contributed by atoms with Crippen LogP contribution in [0.4, 0.5) is 11.9 Å². The fraction of sp³-hybridized carbons (Fsp3) is 0.800. The summed E-state index contributed by atoms with van der Waals surface area (Å²) < 4.78 is 5.57. The van der Waals surface area contributed by atoms with Crippen molar-refractivity contribution in [2.75, 3.05) is 37.0 Å². The van der Waals surface area contributed by atoms with Crippen LogP contribution in [0.5, 0.6) is 6.01 Å². The average molecular weight is 295 g/mol. The van der Waals surface area contributed by atoms with E-state index in [2.05, 4.69) is 59.8 Å². The third-order valence-corrected chi connectivity index (χ3v) is 2.72. The average Bonchev–Trinajstić information content (AvgIpc) is 2.43. The molecule has 1 aromatic heterocycles. The van der Waals surface area contributed by atoms with E-state index in [-0.39, 0.29) is 0 Å². The molecule has 1 aromatic rings. The Balaban J connectivity index is 3.03. The maximum atomic E-state index is 5.57. The third kappa shape index (κ3) is 6.14. The van der Waals surface area contributed by atoms with Crippen LogP contribution in [0.1, 0.15) is 41.0 Å². The molecule has 1 rings (SSSR count). The first kappa shape index (κ1) is 17.5. The van der Waals surface area contributed by atoms with Crippen LogP contribution in [0.15, 0.2) is 0 Å². The predicted octanol–water partition coefficient (Wildman–Crippen LogP) is 2.82. The summed E-state index contributed by atoms with van der Waals surface area (Å²) in [5.74, 6) is 2.31. The Morgan fingerprint density at radius 2 is 1.67 bits per heavy atom. The molecule has 0 saturated heterocycles. The van der Waals surface area contributed by atoms with Crippen LogP contribution in [0.3, 0.4) is 0 Å². The van der Waals surface area contributed by atoms with E-state index in [9.17, 15) is 0 Å². The third-order valence-electron chi connectivity index (χ3n) is 2.72. The lowest BCUT2D eigenvalue weighted by atomic mass is 10.1. The van der Waals surface area contributed by atoms with E-state index < -0.39 is 0 Å². The highest BCUT2D eigenvalue weighted by molar-refractivity contribution is 5.38. The van der Waals surface area contributed by atoms with Gasteiger partial charge in [0.2, 0.25) is 11.9 Å². The van der Waals surface area contributed by atoms with E-state index in [1.807, 2.05) is 0 Å². The predicted molar refractivity (Wildman–Crippen MR) is 87.0 cm³/mol. The Kier molecular flexibility index (Phi) is 7.19. The molecule has 0 spiro atoms. The van der Waals surface area contributed by atoms with Crippen molar-refractivity contribution in [1.82, 2.24) is 15.0 Å². The van der Waals surface area contributed by atoms with Crippen molar-refractivity contribution in [2.24, 2.45) is 11.8 Å². The summed E-state index contributed by atoms with van der Waals surface area (Å²) in [5.41, 5.74) is 0. The smallest absolute Gasteiger partial charge is 0.323 e. The fourth-order valence-corrected chi connectivity index (χ4v) is 1.98. The standard InChI is InChI=1S/C15H29N5O/c1-7-8-21-15-18-13(16-6)17-14(19-15)20(9-11(2)3)10-12(4)5/h11-12H,7-10H2,1-6H3,(H,16,17,18,19). The number of rotatable bonds is 9. The van der Waals surface area contributed by atoms with Crippen LogP contribution < -0.4 is 15.0 Å². The number of ether oxygens (including phenoxy) is 1. The van der Waals surface area contributed by atoms with E-state index in [1.54, 1.807) is 7.05 Å². The van der Waals surface area contributed by atoms with Crippen LogP contribution in [-0.4, -0.2) is 41.7 Å². The number of nitrogens with one attached hydrogen (secondary N) is 1. The maximum Gasteiger partial charge on any atom is 0.323 e. The van der Waals surface area contributed by atoms with Gasteiger partial charge in [0, 0.05) is 20.1 Å². The molecule has 0 aliphatic carbocycles. The minimum atomic E-state index is 0.392. The zero-order chi connectivity index (χ0) is 15.8. The zero-order valence-corrected chi connectivity index (χ0v) is 14.2. The van der Waals surface area contributed by atoms with Gasteiger partial charge in [0.15, 0.2) is 0 Å². The summed E-state index contributed by atoms with van der Waals surface area (Å²) in [4.78, 5) is 15.4. The molecule has 0 saturated carbocycles. The molecule has 0 unspecified atom stereocenters. The van der Waals surface area contributed by atoms with Gasteiger partial charge >= 0.3 is 6.01 Å². The van der Waals surface area contributed by atoms with Gasteiger partial charge in [0.1, 0.15) is 0 Å². The lowest BCUT2D eigenvalue weighted by molar-refractivity contribution is 0.291. The molecule has 0 aromatic carbocycles. The first-order valence-electron chi connectivity index (χ1n) is 7.77. The highest BCUT2D eigenvalue weighted by Gasteiger charge is 2.16. The fourth-order valence-electron chi connectivity index (χ4n) is 1.98. The molecule has 0 aliphatic heterocycles. The van der Waals surface area contributed by atoms with Gasteiger partial charge in [-0.15, -0.1) is 0 Å². The second-order valence-electron chi connectivity index (χ2n) is 6.03. The van der Waals surface area contributed by atoms with Gasteiger partial charge in [-0.2, -0.15) is 15.0 Å². The highest BCUT2D eigenvalue weighted by atomic mass is 16.5. The molecule has 120 valence electrons. The first-order valence-corrected chi connectivity index (χ1v) is 7.77. The van der Waals surface area contributed by atoms with Gasteiger partial charge in [-0.25, -0.2) is 0 Å². The van der Waals surface area contributed by atoms with E-state index in [0.29, 0.717) is 36.3 Å². The number of hydrogen-bond donors (Lipinski definition) is 1. The molecule has 0 atom stereocenters. The monoisotopic (exact) mass is 295 g/mol. The topological polar surface area (TPSA) is 63.2 Å². The summed E-state index contributed by atoms with van der Waals surface area (Å²) in [7, 11) is 1.80. The Morgan fingerprint density at radius 3 is 2.14 bits per heavy atom. The Labute approximate surface area is 128 Å². The van der Waals surface area contributed by atoms with Crippen LogP contribution in [0.25, 0.3) is 0 Å². The van der Waals surface area contributed by atoms with Crippen LogP contribution in [0.2, 0.25) is 0 Å². The molecule has 1 N–H and O–H groups in total. The van der Waals surface area contributed by atoms with Crippen molar-refractivity contribution in [3.63, 3.8) is 0 Å². The summed E-state index contributed by atoms with van der Waals surface area (Å²) in [6.45, 7) is 13.3. The van der Waals surface area contributed by atoms with E-state index >= 15 is 0 Å². The van der Waals surface area contributed by atoms with Gasteiger partial charge in [-0.05, 0) is 18.3 Å². The van der Waals surface area contributed by atoms with Crippen LogP contribution in [-0.2, 0) is 0 Å². The summed E-state index contributed by atoms with van der Waals surface area (Å²) in [6, 6.07) is 0.392. The van der Waals surface area contributed by atoms with Crippen molar-refractivity contribution in [3.05, 3.63) is 0 Å². The largest absolute Gasteiger partial charge is 0.463 e. The van der Waals surface area contributed by atoms with Gasteiger partial charge in [0.05, 0.1) is 6.61 Å². The van der Waals surface area contributed by atoms with Crippen LogP contribution in [0, 0.1) is 11.8 Å². The van der Waals surface area contributed by atoms with Crippen molar-refractivity contribution < 1.29 is 4.74 Å². The van der Waals surface area contributed by atoms with Gasteiger partial charge in [-0.1, -0.05) is 34.6 Å². The van der Waals surface area contributed by atoms with E-state index in [0.717, 1.165) is 19.5 Å². The van der Waals surface area contributed by atoms with Gasteiger partial charge in [-0.3, -0.25) is 0 Å². The molecule has 0 amide bonds. The maximum absolute atomic E-state index is 5.57. The molecule has 6 nitrogen and oxygen atoms in total. The number of anilines is 2. The second-order valence-corrected chi connectivity index (χ2v) is 6.03. The van der Waals surface area contributed by atoms with Crippen molar-refractivity contribution in [2.45, 2.75) is 41.0 Å². The molecular weight excluding hydrogens is 266 g/mol. The van der Waals surface area contributed by atoms with Crippen molar-refractivity contribution >= 4 is 11.9 Å². The number of hydrogen-bond acceptors (Lipinski definition) is 6. The molecule has 0 aliphatic rings.